The van der Waals surface area contributed by atoms with E-state index in [-0.39, 0.29) is 11.9 Å². The quantitative estimate of drug-likeness (QED) is 0.498. The number of amides is 1. The summed E-state index contributed by atoms with van der Waals surface area (Å²) in [7, 11) is 4.78. The predicted octanol–water partition coefficient (Wildman–Crippen LogP) is 1.77. The zero-order valence-electron chi connectivity index (χ0n) is 16.1. The number of methoxy groups -OCH3 is 3. The molecule has 0 radical (unpaired) electrons. The van der Waals surface area contributed by atoms with Gasteiger partial charge < -0.3 is 14.2 Å². The molecule has 0 bridgehead atoms. The van der Waals surface area contributed by atoms with Crippen molar-refractivity contribution in [3.05, 3.63) is 53.6 Å². The first kappa shape index (κ1) is 19.7. The number of hydrazine groups is 1. The van der Waals surface area contributed by atoms with Crippen molar-refractivity contribution >= 4 is 12.1 Å². The van der Waals surface area contributed by atoms with Crippen molar-refractivity contribution < 1.29 is 19.0 Å². The van der Waals surface area contributed by atoms with E-state index in [1.54, 1.807) is 39.7 Å². The van der Waals surface area contributed by atoms with Gasteiger partial charge in [-0.2, -0.15) is 5.10 Å². The van der Waals surface area contributed by atoms with E-state index in [9.17, 15) is 4.79 Å². The third-order valence-electron chi connectivity index (χ3n) is 4.51. The topological polar surface area (TPSA) is 93.2 Å². The first-order valence-electron chi connectivity index (χ1n) is 8.84. The Morgan fingerprint density at radius 3 is 2.64 bits per heavy atom. The fourth-order valence-corrected chi connectivity index (χ4v) is 2.99. The van der Waals surface area contributed by atoms with Gasteiger partial charge in [0.1, 0.15) is 11.8 Å². The molecule has 0 saturated carbocycles. The van der Waals surface area contributed by atoms with Crippen LogP contribution in [-0.2, 0) is 4.79 Å². The first-order valence-corrected chi connectivity index (χ1v) is 8.84. The Labute approximate surface area is 163 Å². The highest BCUT2D eigenvalue weighted by atomic mass is 16.5. The lowest BCUT2D eigenvalue weighted by atomic mass is 10.0. The van der Waals surface area contributed by atoms with E-state index in [1.807, 2.05) is 30.3 Å². The Bertz CT molecular complexity index is 856. The number of hydrogen-bond acceptors (Lipinski definition) is 7. The van der Waals surface area contributed by atoms with Gasteiger partial charge in [-0.1, -0.05) is 12.1 Å². The standard InChI is InChI=1S/C20H24N4O4/c1-26-15-6-4-5-14(10-15)16-11-17(23-22-16)20(25)24-21-12-13-7-8-18(27-2)19(9-13)28-3/h4-10,12,16-17,22-23H,11H2,1-3H3,(H,24,25)/b21-12+. The van der Waals surface area contributed by atoms with Crippen molar-refractivity contribution in [1.82, 2.24) is 16.3 Å². The van der Waals surface area contributed by atoms with E-state index in [0.29, 0.717) is 17.9 Å². The van der Waals surface area contributed by atoms with Crippen molar-refractivity contribution in [2.75, 3.05) is 21.3 Å². The third kappa shape index (κ3) is 4.59. The van der Waals surface area contributed by atoms with Gasteiger partial charge in [0.15, 0.2) is 11.5 Å². The van der Waals surface area contributed by atoms with Crippen molar-refractivity contribution in [3.63, 3.8) is 0 Å². The van der Waals surface area contributed by atoms with Crippen molar-refractivity contribution in [3.8, 4) is 17.2 Å². The number of ether oxygens (including phenoxy) is 3. The van der Waals surface area contributed by atoms with Crippen molar-refractivity contribution in [2.45, 2.75) is 18.5 Å². The Kier molecular flexibility index (Phi) is 6.46. The fourth-order valence-electron chi connectivity index (χ4n) is 2.99. The number of nitrogens with zero attached hydrogens (tertiary/aromatic N) is 1. The van der Waals surface area contributed by atoms with Crippen molar-refractivity contribution in [1.29, 1.82) is 0 Å². The van der Waals surface area contributed by atoms with Gasteiger partial charge >= 0.3 is 0 Å². The summed E-state index contributed by atoms with van der Waals surface area (Å²) in [5.41, 5.74) is 10.6. The molecule has 2 aromatic rings. The van der Waals surface area contributed by atoms with Crippen LogP contribution in [0.25, 0.3) is 0 Å². The smallest absolute Gasteiger partial charge is 0.258 e. The minimum absolute atomic E-state index is 0.0145. The molecule has 3 N–H and O–H groups in total. The van der Waals surface area contributed by atoms with E-state index in [2.05, 4.69) is 21.4 Å². The average molecular weight is 384 g/mol. The second-order valence-corrected chi connectivity index (χ2v) is 6.25. The third-order valence-corrected chi connectivity index (χ3v) is 4.51. The van der Waals surface area contributed by atoms with Crippen LogP contribution >= 0.6 is 0 Å². The second kappa shape index (κ2) is 9.20. The van der Waals surface area contributed by atoms with E-state index < -0.39 is 6.04 Å². The minimum Gasteiger partial charge on any atom is -0.497 e. The van der Waals surface area contributed by atoms with Crippen LogP contribution in [0.4, 0.5) is 0 Å². The largest absolute Gasteiger partial charge is 0.497 e. The molecule has 2 aromatic carbocycles. The second-order valence-electron chi connectivity index (χ2n) is 6.25. The van der Waals surface area contributed by atoms with E-state index in [0.717, 1.165) is 16.9 Å². The van der Waals surface area contributed by atoms with Crippen LogP contribution in [0.2, 0.25) is 0 Å². The molecule has 0 spiro atoms. The Morgan fingerprint density at radius 1 is 1.07 bits per heavy atom. The molecule has 1 aliphatic rings. The summed E-state index contributed by atoms with van der Waals surface area (Å²) < 4.78 is 15.7. The van der Waals surface area contributed by atoms with E-state index >= 15 is 0 Å². The highest BCUT2D eigenvalue weighted by Gasteiger charge is 2.30. The summed E-state index contributed by atoms with van der Waals surface area (Å²) in [6.07, 6.45) is 2.16. The molecule has 0 aromatic heterocycles. The maximum absolute atomic E-state index is 12.4. The molecule has 2 unspecified atom stereocenters. The number of hydrogen-bond donors (Lipinski definition) is 3. The Balaban J connectivity index is 1.56. The van der Waals surface area contributed by atoms with Crippen LogP contribution in [0.1, 0.15) is 23.6 Å². The SMILES string of the molecule is COc1cccc(C2CC(C(=O)N/N=C/c3ccc(OC)c(OC)c3)NN2)c1. The van der Waals surface area contributed by atoms with Gasteiger partial charge in [0.25, 0.3) is 5.91 Å². The summed E-state index contributed by atoms with van der Waals surface area (Å²) in [4.78, 5) is 12.4. The molecule has 3 rings (SSSR count). The molecule has 1 amide bonds. The lowest BCUT2D eigenvalue weighted by Gasteiger charge is -2.10. The summed E-state index contributed by atoms with van der Waals surface area (Å²) in [6, 6.07) is 12.8. The minimum atomic E-state index is -0.390. The van der Waals surface area contributed by atoms with Crippen LogP contribution in [0.15, 0.2) is 47.6 Å². The predicted molar refractivity (Wildman–Crippen MR) is 106 cm³/mol. The molecular weight excluding hydrogens is 360 g/mol. The van der Waals surface area contributed by atoms with Gasteiger partial charge in [-0.25, -0.2) is 16.3 Å². The van der Waals surface area contributed by atoms with Gasteiger partial charge in [0, 0.05) is 6.04 Å². The van der Waals surface area contributed by atoms with Gasteiger partial charge in [-0.15, -0.1) is 0 Å². The normalized spacial score (nSPS) is 18.8. The number of hydrazone groups is 1. The number of nitrogens with one attached hydrogen (secondary N) is 3. The van der Waals surface area contributed by atoms with Crippen LogP contribution < -0.4 is 30.5 Å². The monoisotopic (exact) mass is 384 g/mol. The van der Waals surface area contributed by atoms with E-state index in [4.69, 9.17) is 14.2 Å². The molecule has 148 valence electrons. The maximum Gasteiger partial charge on any atom is 0.258 e. The van der Waals surface area contributed by atoms with Gasteiger partial charge in [0.2, 0.25) is 0 Å². The average Bonchev–Trinajstić information content (AvgIpc) is 3.24. The molecular formula is C20H24N4O4. The molecule has 2 atom stereocenters. The van der Waals surface area contributed by atoms with Crippen LogP contribution in [0.3, 0.4) is 0 Å². The zero-order valence-corrected chi connectivity index (χ0v) is 16.1. The summed E-state index contributed by atoms with van der Waals surface area (Å²) in [6.45, 7) is 0. The molecule has 8 nitrogen and oxygen atoms in total. The highest BCUT2D eigenvalue weighted by Crippen LogP contribution is 2.27. The lowest BCUT2D eigenvalue weighted by Crippen LogP contribution is -2.41. The molecule has 8 heteroatoms. The Morgan fingerprint density at radius 2 is 1.89 bits per heavy atom. The summed E-state index contributed by atoms with van der Waals surface area (Å²) in [5.74, 6) is 1.80. The van der Waals surface area contributed by atoms with Gasteiger partial charge in [0.05, 0.1) is 27.5 Å². The van der Waals surface area contributed by atoms with Crippen LogP contribution in [0.5, 0.6) is 17.2 Å². The molecule has 1 saturated heterocycles. The number of rotatable bonds is 7. The van der Waals surface area contributed by atoms with Gasteiger partial charge in [-0.05, 0) is 47.9 Å². The molecule has 28 heavy (non-hydrogen) atoms. The lowest BCUT2D eigenvalue weighted by molar-refractivity contribution is -0.122. The zero-order chi connectivity index (χ0) is 19.9. The molecule has 1 fully saturated rings. The number of carbonyl (C=O) groups is 1. The number of benzene rings is 2. The first-order chi connectivity index (χ1) is 13.6. The maximum atomic E-state index is 12.4. The fraction of sp³-hybridized carbons (Fsp3) is 0.300. The molecule has 1 heterocycles. The molecule has 0 aliphatic carbocycles. The van der Waals surface area contributed by atoms with Crippen LogP contribution in [0, 0.1) is 0 Å². The van der Waals surface area contributed by atoms with Crippen molar-refractivity contribution in [2.24, 2.45) is 5.10 Å². The van der Waals surface area contributed by atoms with Crippen LogP contribution in [-0.4, -0.2) is 39.5 Å². The van der Waals surface area contributed by atoms with Gasteiger partial charge in [-0.3, -0.25) is 4.79 Å². The highest BCUT2D eigenvalue weighted by molar-refractivity contribution is 5.85. The summed E-state index contributed by atoms with van der Waals surface area (Å²) >= 11 is 0. The van der Waals surface area contributed by atoms with E-state index in [1.165, 1.54) is 0 Å². The Hall–Kier alpha value is -3.10. The molecule has 1 aliphatic heterocycles. The number of carbonyl (C=O) groups excluding carboxylic acids is 1. The summed E-state index contributed by atoms with van der Waals surface area (Å²) in [5, 5.41) is 4.03.